The molecule has 0 aromatic heterocycles. The summed E-state index contributed by atoms with van der Waals surface area (Å²) in [7, 11) is 0. The first-order valence-electron chi connectivity index (χ1n) is 6.37. The highest BCUT2D eigenvalue weighted by atomic mass is 16.4. The fraction of sp³-hybridized carbons (Fsp3) is 0.235. The molecule has 0 bridgehead atoms. The van der Waals surface area contributed by atoms with Gasteiger partial charge in [-0.05, 0) is 16.7 Å². The first-order chi connectivity index (χ1) is 8.99. The summed E-state index contributed by atoms with van der Waals surface area (Å²) in [4.78, 5) is 10.9. The largest absolute Gasteiger partial charge is 0.481 e. The number of carbonyl (C=O) groups is 1. The Balaban J connectivity index is 2.37. The number of carboxylic acids is 1. The second-order valence-electron chi connectivity index (χ2n) is 5.40. The number of hydrogen-bond donors (Lipinski definition) is 1. The minimum absolute atomic E-state index is 0.130. The SMILES string of the molecule is CC(C)(CC(=O)O)c1cccc(-c2ccccc2)c1. The van der Waals surface area contributed by atoms with Crippen LogP contribution >= 0.6 is 0 Å². The van der Waals surface area contributed by atoms with E-state index in [1.807, 2.05) is 44.2 Å². The Morgan fingerprint density at radius 2 is 1.63 bits per heavy atom. The molecule has 19 heavy (non-hydrogen) atoms. The Labute approximate surface area is 113 Å². The Bertz CT molecular complexity index is 571. The Kier molecular flexibility index (Phi) is 3.70. The fourth-order valence-electron chi connectivity index (χ4n) is 2.23. The predicted molar refractivity (Wildman–Crippen MR) is 77.2 cm³/mol. The molecule has 2 aromatic carbocycles. The number of hydrogen-bond acceptors (Lipinski definition) is 1. The van der Waals surface area contributed by atoms with Crippen molar-refractivity contribution in [2.45, 2.75) is 25.7 Å². The van der Waals surface area contributed by atoms with Gasteiger partial charge in [-0.3, -0.25) is 4.79 Å². The Hall–Kier alpha value is -2.09. The van der Waals surface area contributed by atoms with E-state index < -0.39 is 5.97 Å². The van der Waals surface area contributed by atoms with Crippen LogP contribution in [0.2, 0.25) is 0 Å². The minimum Gasteiger partial charge on any atom is -0.481 e. The maximum absolute atomic E-state index is 10.9. The molecule has 98 valence electrons. The molecule has 2 aromatic rings. The topological polar surface area (TPSA) is 37.3 Å². The molecule has 0 aliphatic heterocycles. The molecular formula is C17H18O2. The lowest BCUT2D eigenvalue weighted by atomic mass is 9.80. The molecule has 0 unspecified atom stereocenters. The summed E-state index contributed by atoms with van der Waals surface area (Å²) < 4.78 is 0. The van der Waals surface area contributed by atoms with Gasteiger partial charge in [0.1, 0.15) is 0 Å². The second kappa shape index (κ2) is 5.27. The maximum atomic E-state index is 10.9. The van der Waals surface area contributed by atoms with E-state index in [0.717, 1.165) is 16.7 Å². The van der Waals surface area contributed by atoms with Gasteiger partial charge in [0.15, 0.2) is 0 Å². The van der Waals surface area contributed by atoms with Gasteiger partial charge in [-0.1, -0.05) is 68.4 Å². The Morgan fingerprint density at radius 1 is 1.00 bits per heavy atom. The lowest BCUT2D eigenvalue weighted by molar-refractivity contribution is -0.138. The van der Waals surface area contributed by atoms with Gasteiger partial charge in [0.05, 0.1) is 6.42 Å². The van der Waals surface area contributed by atoms with Crippen molar-refractivity contribution in [1.82, 2.24) is 0 Å². The van der Waals surface area contributed by atoms with Gasteiger partial charge in [-0.25, -0.2) is 0 Å². The van der Waals surface area contributed by atoms with Gasteiger partial charge in [0.2, 0.25) is 0 Å². The third-order valence-electron chi connectivity index (χ3n) is 3.34. The highest BCUT2D eigenvalue weighted by Crippen LogP contribution is 2.30. The van der Waals surface area contributed by atoms with E-state index in [4.69, 9.17) is 5.11 Å². The van der Waals surface area contributed by atoms with E-state index in [0.29, 0.717) is 0 Å². The zero-order valence-electron chi connectivity index (χ0n) is 11.3. The van der Waals surface area contributed by atoms with E-state index in [1.54, 1.807) is 0 Å². The average Bonchev–Trinajstić information content (AvgIpc) is 2.38. The molecule has 0 heterocycles. The number of carboxylic acid groups (broad SMARTS) is 1. The fourth-order valence-corrected chi connectivity index (χ4v) is 2.23. The first-order valence-corrected chi connectivity index (χ1v) is 6.37. The molecule has 0 atom stereocenters. The van der Waals surface area contributed by atoms with Gasteiger partial charge >= 0.3 is 5.97 Å². The molecule has 0 aliphatic rings. The third-order valence-corrected chi connectivity index (χ3v) is 3.34. The van der Waals surface area contributed by atoms with Gasteiger partial charge in [-0.15, -0.1) is 0 Å². The molecule has 0 saturated heterocycles. The lowest BCUT2D eigenvalue weighted by Crippen LogP contribution is -2.21. The monoisotopic (exact) mass is 254 g/mol. The molecule has 2 nitrogen and oxygen atoms in total. The second-order valence-corrected chi connectivity index (χ2v) is 5.40. The van der Waals surface area contributed by atoms with Crippen molar-refractivity contribution in [3.05, 3.63) is 60.2 Å². The lowest BCUT2D eigenvalue weighted by Gasteiger charge is -2.23. The van der Waals surface area contributed by atoms with Crippen LogP contribution in [0.15, 0.2) is 54.6 Å². The Morgan fingerprint density at radius 3 is 2.26 bits per heavy atom. The number of aliphatic carboxylic acids is 1. The van der Waals surface area contributed by atoms with Crippen LogP contribution in [0.25, 0.3) is 11.1 Å². The van der Waals surface area contributed by atoms with Crippen LogP contribution in [0.1, 0.15) is 25.8 Å². The van der Waals surface area contributed by atoms with Crippen LogP contribution < -0.4 is 0 Å². The van der Waals surface area contributed by atoms with Gasteiger partial charge in [-0.2, -0.15) is 0 Å². The van der Waals surface area contributed by atoms with Crippen LogP contribution in [0.5, 0.6) is 0 Å². The summed E-state index contributed by atoms with van der Waals surface area (Å²) in [5.41, 5.74) is 2.96. The van der Waals surface area contributed by atoms with E-state index in [9.17, 15) is 4.79 Å². The van der Waals surface area contributed by atoms with Crippen molar-refractivity contribution in [2.75, 3.05) is 0 Å². The summed E-state index contributed by atoms with van der Waals surface area (Å²) in [6.07, 6.45) is 0.130. The van der Waals surface area contributed by atoms with E-state index in [-0.39, 0.29) is 11.8 Å². The maximum Gasteiger partial charge on any atom is 0.304 e. The van der Waals surface area contributed by atoms with E-state index in [1.165, 1.54) is 0 Å². The molecule has 0 fully saturated rings. The highest BCUT2D eigenvalue weighted by Gasteiger charge is 2.24. The summed E-state index contributed by atoms with van der Waals surface area (Å²) in [6, 6.07) is 18.2. The van der Waals surface area contributed by atoms with Crippen LogP contribution in [0.4, 0.5) is 0 Å². The quantitative estimate of drug-likeness (QED) is 0.891. The molecular weight excluding hydrogens is 236 g/mol. The molecule has 0 spiro atoms. The first kappa shape index (κ1) is 13.3. The van der Waals surface area contributed by atoms with E-state index in [2.05, 4.69) is 24.3 Å². The summed E-state index contributed by atoms with van der Waals surface area (Å²) in [5.74, 6) is -0.768. The normalized spacial score (nSPS) is 11.3. The molecule has 2 rings (SSSR count). The van der Waals surface area contributed by atoms with Gasteiger partial charge in [0, 0.05) is 5.41 Å². The molecule has 0 radical (unpaired) electrons. The van der Waals surface area contributed by atoms with Crippen molar-refractivity contribution < 1.29 is 9.90 Å². The van der Waals surface area contributed by atoms with Crippen molar-refractivity contribution >= 4 is 5.97 Å². The van der Waals surface area contributed by atoms with Crippen molar-refractivity contribution in [2.24, 2.45) is 0 Å². The standard InChI is InChI=1S/C17H18O2/c1-17(2,12-16(18)19)15-10-6-9-14(11-15)13-7-4-3-5-8-13/h3-11H,12H2,1-2H3,(H,18,19). The number of rotatable bonds is 4. The van der Waals surface area contributed by atoms with Gasteiger partial charge in [0.25, 0.3) is 0 Å². The molecule has 0 saturated carbocycles. The third kappa shape index (κ3) is 3.22. The summed E-state index contributed by atoms with van der Waals surface area (Å²) in [6.45, 7) is 3.93. The van der Waals surface area contributed by atoms with Crippen molar-refractivity contribution in [3.8, 4) is 11.1 Å². The number of benzene rings is 2. The predicted octanol–water partition coefficient (Wildman–Crippen LogP) is 4.11. The van der Waals surface area contributed by atoms with Crippen molar-refractivity contribution in [1.29, 1.82) is 0 Å². The average molecular weight is 254 g/mol. The molecule has 0 amide bonds. The molecule has 1 N–H and O–H groups in total. The van der Waals surface area contributed by atoms with Crippen LogP contribution in [-0.2, 0) is 10.2 Å². The molecule has 0 aliphatic carbocycles. The zero-order chi connectivity index (χ0) is 13.9. The van der Waals surface area contributed by atoms with E-state index >= 15 is 0 Å². The zero-order valence-corrected chi connectivity index (χ0v) is 11.3. The smallest absolute Gasteiger partial charge is 0.304 e. The van der Waals surface area contributed by atoms with Crippen LogP contribution in [-0.4, -0.2) is 11.1 Å². The van der Waals surface area contributed by atoms with Gasteiger partial charge < -0.3 is 5.11 Å². The van der Waals surface area contributed by atoms with Crippen molar-refractivity contribution in [3.63, 3.8) is 0 Å². The molecule has 2 heteroatoms. The summed E-state index contributed by atoms with van der Waals surface area (Å²) in [5, 5.41) is 9.00. The highest BCUT2D eigenvalue weighted by molar-refractivity contribution is 5.70. The minimum atomic E-state index is -0.768. The summed E-state index contributed by atoms with van der Waals surface area (Å²) >= 11 is 0. The van der Waals surface area contributed by atoms with Crippen LogP contribution in [0.3, 0.4) is 0 Å². The van der Waals surface area contributed by atoms with Crippen LogP contribution in [0, 0.1) is 0 Å².